The van der Waals surface area contributed by atoms with E-state index in [1.807, 2.05) is 31.3 Å². The molecule has 190 valence electrons. The molecular weight excluding hydrogens is 474 g/mol. The van der Waals surface area contributed by atoms with E-state index in [1.54, 1.807) is 24.8 Å². The third kappa shape index (κ3) is 5.66. The van der Waals surface area contributed by atoms with Crippen LogP contribution in [0, 0.1) is 6.92 Å². The fraction of sp³-hybridized carbons (Fsp3) is 0.379. The second-order valence-electron chi connectivity index (χ2n) is 9.56. The second kappa shape index (κ2) is 11.3. The lowest BCUT2D eigenvalue weighted by Crippen LogP contribution is -2.34. The average Bonchev–Trinajstić information content (AvgIpc) is 2.86. The highest BCUT2D eigenvalue weighted by Gasteiger charge is 2.29. The molecule has 1 saturated heterocycles. The Balaban J connectivity index is 1.69. The van der Waals surface area contributed by atoms with Gasteiger partial charge >= 0.3 is 0 Å². The van der Waals surface area contributed by atoms with Gasteiger partial charge in [0.25, 0.3) is 5.56 Å². The van der Waals surface area contributed by atoms with Crippen LogP contribution in [0.5, 0.6) is 5.75 Å². The van der Waals surface area contributed by atoms with Crippen LogP contribution < -0.4 is 20.9 Å². The third-order valence-corrected chi connectivity index (χ3v) is 7.47. The quantitative estimate of drug-likeness (QED) is 0.491. The van der Waals surface area contributed by atoms with E-state index >= 15 is 0 Å². The highest BCUT2D eigenvalue weighted by molar-refractivity contribution is 6.31. The zero-order chi connectivity index (χ0) is 25.8. The Hall–Kier alpha value is -3.09. The lowest BCUT2D eigenvalue weighted by molar-refractivity contribution is -0.118. The predicted octanol–water partition coefficient (Wildman–Crippen LogP) is 4.56. The van der Waals surface area contributed by atoms with E-state index in [4.69, 9.17) is 16.3 Å². The Bertz CT molecular complexity index is 1320. The van der Waals surface area contributed by atoms with E-state index in [0.717, 1.165) is 63.7 Å². The largest absolute Gasteiger partial charge is 0.496 e. The molecule has 3 aromatic rings. The van der Waals surface area contributed by atoms with Gasteiger partial charge in [0.05, 0.1) is 7.11 Å². The molecule has 1 aromatic heterocycles. The van der Waals surface area contributed by atoms with Crippen LogP contribution in [0.4, 0.5) is 0 Å². The molecule has 0 spiro atoms. The maximum absolute atomic E-state index is 12.3. The monoisotopic (exact) mass is 507 g/mol. The first-order valence-corrected chi connectivity index (χ1v) is 12.8. The fourth-order valence-corrected chi connectivity index (χ4v) is 5.49. The molecule has 1 aliphatic rings. The molecule has 6 nitrogen and oxygen atoms in total. The first kappa shape index (κ1) is 26.0. The SMILES string of the molecule is COc1cc(CCNC(C)=O)c(-c2ccc(C3CNCCC3c3ccn(C)c(=O)c3)c(Cl)c2)cc1C. The van der Waals surface area contributed by atoms with Crippen LogP contribution in [-0.4, -0.2) is 37.2 Å². The van der Waals surface area contributed by atoms with Gasteiger partial charge in [-0.2, -0.15) is 0 Å². The summed E-state index contributed by atoms with van der Waals surface area (Å²) in [5.74, 6) is 1.17. The van der Waals surface area contributed by atoms with Crippen molar-refractivity contribution in [2.45, 2.75) is 38.5 Å². The molecule has 2 N–H and O–H groups in total. The van der Waals surface area contributed by atoms with Crippen LogP contribution in [0.15, 0.2) is 53.5 Å². The maximum atomic E-state index is 12.3. The number of hydrogen-bond donors (Lipinski definition) is 2. The zero-order valence-corrected chi connectivity index (χ0v) is 22.1. The van der Waals surface area contributed by atoms with Gasteiger partial charge in [-0.05, 0) is 89.9 Å². The highest BCUT2D eigenvalue weighted by Crippen LogP contribution is 2.41. The number of halogens is 1. The van der Waals surface area contributed by atoms with Gasteiger partial charge in [-0.1, -0.05) is 23.7 Å². The molecule has 1 aliphatic heterocycles. The summed E-state index contributed by atoms with van der Waals surface area (Å²) in [5.41, 5.74) is 6.40. The van der Waals surface area contributed by atoms with Crippen molar-refractivity contribution < 1.29 is 9.53 Å². The van der Waals surface area contributed by atoms with Crippen LogP contribution in [0.1, 0.15) is 47.4 Å². The van der Waals surface area contributed by atoms with Crippen LogP contribution in [0.25, 0.3) is 11.1 Å². The van der Waals surface area contributed by atoms with Gasteiger partial charge in [0.2, 0.25) is 5.91 Å². The van der Waals surface area contributed by atoms with Crippen molar-refractivity contribution in [2.75, 3.05) is 26.7 Å². The van der Waals surface area contributed by atoms with Gasteiger partial charge in [-0.3, -0.25) is 9.59 Å². The molecule has 4 rings (SSSR count). The first-order valence-electron chi connectivity index (χ1n) is 12.4. The number of nitrogens with one attached hydrogen (secondary N) is 2. The number of piperidine rings is 1. The molecule has 1 fully saturated rings. The molecule has 2 unspecified atom stereocenters. The van der Waals surface area contributed by atoms with E-state index in [1.165, 1.54) is 6.92 Å². The summed E-state index contributed by atoms with van der Waals surface area (Å²) in [6, 6.07) is 14.3. The summed E-state index contributed by atoms with van der Waals surface area (Å²) in [6.45, 7) is 5.82. The van der Waals surface area contributed by atoms with E-state index in [0.29, 0.717) is 13.0 Å². The van der Waals surface area contributed by atoms with Gasteiger partial charge in [0.15, 0.2) is 0 Å². The molecule has 0 aliphatic carbocycles. The number of nitrogens with zero attached hydrogens (tertiary/aromatic N) is 1. The lowest BCUT2D eigenvalue weighted by atomic mass is 9.77. The molecule has 36 heavy (non-hydrogen) atoms. The van der Waals surface area contributed by atoms with E-state index in [-0.39, 0.29) is 23.3 Å². The van der Waals surface area contributed by atoms with Gasteiger partial charge in [0.1, 0.15) is 5.75 Å². The molecule has 0 radical (unpaired) electrons. The normalized spacial score (nSPS) is 17.6. The summed E-state index contributed by atoms with van der Waals surface area (Å²) in [4.78, 5) is 23.7. The molecule has 7 heteroatoms. The lowest BCUT2D eigenvalue weighted by Gasteiger charge is -2.33. The average molecular weight is 508 g/mol. The van der Waals surface area contributed by atoms with Crippen molar-refractivity contribution in [3.05, 3.63) is 86.3 Å². The topological polar surface area (TPSA) is 72.4 Å². The highest BCUT2D eigenvalue weighted by atomic mass is 35.5. The van der Waals surface area contributed by atoms with Gasteiger partial charge < -0.3 is 19.9 Å². The number of rotatable bonds is 7. The third-order valence-electron chi connectivity index (χ3n) is 7.14. The summed E-state index contributed by atoms with van der Waals surface area (Å²) in [6.07, 6.45) is 3.47. The molecule has 2 aromatic carbocycles. The summed E-state index contributed by atoms with van der Waals surface area (Å²) < 4.78 is 7.15. The summed E-state index contributed by atoms with van der Waals surface area (Å²) >= 11 is 6.94. The standard InChI is InChI=1S/C29H34ClN3O3/c1-18-13-25(21(15-28(18)36-4)7-11-32-19(2)34)20-5-6-24(27(30)14-20)26-17-31-10-8-23(26)22-9-12-33(3)29(35)16-22/h5-6,9,12-16,23,26,31H,7-8,10-11,17H2,1-4H3,(H,32,34). The number of hydrogen-bond acceptors (Lipinski definition) is 4. The number of benzene rings is 2. The van der Waals surface area contributed by atoms with Crippen molar-refractivity contribution >= 4 is 17.5 Å². The number of methoxy groups -OCH3 is 1. The van der Waals surface area contributed by atoms with Crippen molar-refractivity contribution in [1.29, 1.82) is 0 Å². The number of carbonyl (C=O) groups excluding carboxylic acids is 1. The Morgan fingerprint density at radius 1 is 1.19 bits per heavy atom. The first-order chi connectivity index (χ1) is 17.3. The van der Waals surface area contributed by atoms with Gasteiger partial charge in [0, 0.05) is 50.3 Å². The van der Waals surface area contributed by atoms with Crippen molar-refractivity contribution in [3.63, 3.8) is 0 Å². The van der Waals surface area contributed by atoms with Crippen molar-refractivity contribution in [3.8, 4) is 16.9 Å². The number of ether oxygens (including phenoxy) is 1. The Morgan fingerprint density at radius 3 is 2.69 bits per heavy atom. The minimum absolute atomic E-state index is 0.00731. The van der Waals surface area contributed by atoms with Crippen LogP contribution in [-0.2, 0) is 18.3 Å². The number of amides is 1. The van der Waals surface area contributed by atoms with Crippen molar-refractivity contribution in [2.24, 2.45) is 7.05 Å². The molecular formula is C29H34ClN3O3. The minimum Gasteiger partial charge on any atom is -0.496 e. The summed E-state index contributed by atoms with van der Waals surface area (Å²) in [5, 5.41) is 7.10. The predicted molar refractivity (Wildman–Crippen MR) is 145 cm³/mol. The van der Waals surface area contributed by atoms with Gasteiger partial charge in [-0.25, -0.2) is 0 Å². The van der Waals surface area contributed by atoms with E-state index in [9.17, 15) is 9.59 Å². The number of aryl methyl sites for hydroxylation is 2. The molecule has 2 atom stereocenters. The van der Waals surface area contributed by atoms with E-state index in [2.05, 4.69) is 28.8 Å². The fourth-order valence-electron chi connectivity index (χ4n) is 5.17. The van der Waals surface area contributed by atoms with Crippen LogP contribution >= 0.6 is 11.6 Å². The maximum Gasteiger partial charge on any atom is 0.250 e. The Labute approximate surface area is 217 Å². The molecule has 1 amide bonds. The molecule has 0 saturated carbocycles. The number of carbonyl (C=O) groups is 1. The summed E-state index contributed by atoms with van der Waals surface area (Å²) in [7, 11) is 3.44. The second-order valence-corrected chi connectivity index (χ2v) is 9.97. The van der Waals surface area contributed by atoms with Gasteiger partial charge in [-0.15, -0.1) is 0 Å². The number of aromatic nitrogens is 1. The Kier molecular flexibility index (Phi) is 8.17. The Morgan fingerprint density at radius 2 is 2.00 bits per heavy atom. The minimum atomic E-state index is -0.0464. The van der Waals surface area contributed by atoms with E-state index < -0.39 is 0 Å². The smallest absolute Gasteiger partial charge is 0.250 e. The zero-order valence-electron chi connectivity index (χ0n) is 21.4. The van der Waals surface area contributed by atoms with Crippen molar-refractivity contribution in [1.82, 2.24) is 15.2 Å². The van der Waals surface area contributed by atoms with Crippen LogP contribution in [0.2, 0.25) is 5.02 Å². The molecule has 2 heterocycles. The molecule has 0 bridgehead atoms. The number of pyridine rings is 1. The van der Waals surface area contributed by atoms with Crippen LogP contribution in [0.3, 0.4) is 0 Å².